The second kappa shape index (κ2) is 10.0. The van der Waals surface area contributed by atoms with E-state index in [-0.39, 0.29) is 31.0 Å². The smallest absolute Gasteiger partial charge is 0.263 e. The molecule has 0 unspecified atom stereocenters. The van der Waals surface area contributed by atoms with E-state index in [1.54, 1.807) is 30.2 Å². The fourth-order valence-electron chi connectivity index (χ4n) is 4.09. The summed E-state index contributed by atoms with van der Waals surface area (Å²) < 4.78 is 16.4. The number of oxime groups is 1. The summed E-state index contributed by atoms with van der Waals surface area (Å²) in [6.07, 6.45) is 3.16. The lowest BCUT2D eigenvalue weighted by molar-refractivity contribution is -0.137. The summed E-state index contributed by atoms with van der Waals surface area (Å²) in [4.78, 5) is 19.9. The van der Waals surface area contributed by atoms with E-state index in [1.807, 2.05) is 26.0 Å². The number of ether oxygens (including phenoxy) is 3. The first-order chi connectivity index (χ1) is 16.0. The normalized spacial score (nSPS) is 15.6. The number of likely N-dealkylation sites (tertiary alicyclic amines) is 1. The fraction of sp³-hybridized carbons (Fsp3) is 0.440. The Morgan fingerprint density at radius 3 is 2.61 bits per heavy atom. The number of nitrogens with zero attached hydrogens (tertiary/aromatic N) is 2. The third-order valence-corrected chi connectivity index (χ3v) is 5.92. The van der Waals surface area contributed by atoms with Crippen molar-refractivity contribution >= 4 is 11.6 Å². The number of fused-ring (bicyclic) bond motifs is 1. The first-order valence-electron chi connectivity index (χ1n) is 11.3. The first kappa shape index (κ1) is 22.8. The molecule has 8 nitrogen and oxygen atoms in total. The monoisotopic (exact) mass is 454 g/mol. The van der Waals surface area contributed by atoms with Crippen LogP contribution in [0.25, 0.3) is 0 Å². The van der Waals surface area contributed by atoms with E-state index in [0.29, 0.717) is 34.1 Å². The Kier molecular flexibility index (Phi) is 6.91. The molecule has 0 radical (unpaired) electrons. The molecule has 0 bridgehead atoms. The average Bonchev–Trinajstić information content (AvgIpc) is 3.30. The van der Waals surface area contributed by atoms with Crippen LogP contribution in [0.3, 0.4) is 0 Å². The maximum Gasteiger partial charge on any atom is 0.263 e. The topological polar surface area (TPSA) is 89.8 Å². The van der Waals surface area contributed by atoms with Crippen molar-refractivity contribution < 1.29 is 28.9 Å². The number of hydrogen-bond donors (Lipinski definition) is 1. The average molecular weight is 455 g/mol. The third kappa shape index (κ3) is 4.99. The number of aromatic hydroxyl groups is 1. The lowest BCUT2D eigenvalue weighted by atomic mass is 9.94. The predicted octanol–water partition coefficient (Wildman–Crippen LogP) is 4.03. The Balaban J connectivity index is 1.68. The van der Waals surface area contributed by atoms with Gasteiger partial charge in [0, 0.05) is 30.3 Å². The van der Waals surface area contributed by atoms with Crippen LogP contribution < -0.4 is 14.2 Å². The molecule has 1 saturated heterocycles. The maximum absolute atomic E-state index is 12.5. The summed E-state index contributed by atoms with van der Waals surface area (Å²) in [7, 11) is 1.57. The van der Waals surface area contributed by atoms with Gasteiger partial charge in [0.25, 0.3) is 5.91 Å². The molecule has 2 aliphatic rings. The van der Waals surface area contributed by atoms with Crippen molar-refractivity contribution in [3.63, 3.8) is 0 Å². The van der Waals surface area contributed by atoms with Crippen LogP contribution in [0.4, 0.5) is 0 Å². The van der Waals surface area contributed by atoms with Gasteiger partial charge in [-0.15, -0.1) is 0 Å². The van der Waals surface area contributed by atoms with Crippen LogP contribution in [0, 0.1) is 0 Å². The second-order valence-electron chi connectivity index (χ2n) is 8.49. The molecule has 0 aliphatic carbocycles. The van der Waals surface area contributed by atoms with Crippen LogP contribution in [0.5, 0.6) is 23.0 Å². The fourth-order valence-corrected chi connectivity index (χ4v) is 4.09. The highest BCUT2D eigenvalue weighted by atomic mass is 16.7. The summed E-state index contributed by atoms with van der Waals surface area (Å²) >= 11 is 0. The predicted molar refractivity (Wildman–Crippen MR) is 123 cm³/mol. The van der Waals surface area contributed by atoms with E-state index in [2.05, 4.69) is 5.16 Å². The Hall–Kier alpha value is -3.42. The molecular weight excluding hydrogens is 424 g/mol. The van der Waals surface area contributed by atoms with Crippen molar-refractivity contribution in [1.82, 2.24) is 4.90 Å². The second-order valence-corrected chi connectivity index (χ2v) is 8.49. The highest BCUT2D eigenvalue weighted by Gasteiger charge is 2.22. The molecule has 0 spiro atoms. The van der Waals surface area contributed by atoms with Gasteiger partial charge in [0.05, 0.1) is 7.11 Å². The quantitative estimate of drug-likeness (QED) is 0.502. The van der Waals surface area contributed by atoms with Gasteiger partial charge in [-0.1, -0.05) is 19.0 Å². The van der Waals surface area contributed by atoms with Crippen LogP contribution in [-0.2, 0) is 9.63 Å². The zero-order valence-corrected chi connectivity index (χ0v) is 19.3. The minimum atomic E-state index is -0.165. The van der Waals surface area contributed by atoms with Crippen LogP contribution in [0.15, 0.2) is 35.5 Å². The molecule has 2 aliphatic heterocycles. The van der Waals surface area contributed by atoms with Crippen molar-refractivity contribution in [2.24, 2.45) is 5.16 Å². The number of rotatable bonds is 7. The molecular formula is C25H30N2O6. The lowest BCUT2D eigenvalue weighted by Gasteiger charge is -2.26. The molecule has 0 saturated carbocycles. The van der Waals surface area contributed by atoms with Crippen molar-refractivity contribution in [3.8, 4) is 23.0 Å². The number of phenols is 1. The van der Waals surface area contributed by atoms with Gasteiger partial charge in [0.15, 0.2) is 18.1 Å². The number of carbonyl (C=O) groups is 1. The van der Waals surface area contributed by atoms with Gasteiger partial charge < -0.3 is 29.1 Å². The molecule has 2 aromatic carbocycles. The third-order valence-electron chi connectivity index (χ3n) is 5.92. The van der Waals surface area contributed by atoms with Gasteiger partial charge in [-0.05, 0) is 55.0 Å². The van der Waals surface area contributed by atoms with Gasteiger partial charge in [0.2, 0.25) is 6.79 Å². The molecule has 1 N–H and O–H groups in total. The highest BCUT2D eigenvalue weighted by Crippen LogP contribution is 2.37. The molecule has 8 heteroatoms. The Morgan fingerprint density at radius 2 is 1.88 bits per heavy atom. The molecule has 2 aromatic rings. The molecule has 0 aromatic heterocycles. The molecule has 33 heavy (non-hydrogen) atoms. The maximum atomic E-state index is 12.5. The van der Waals surface area contributed by atoms with Crippen LogP contribution in [0.1, 0.15) is 55.7 Å². The Bertz CT molecular complexity index is 1040. The van der Waals surface area contributed by atoms with Crippen molar-refractivity contribution in [2.45, 2.75) is 39.0 Å². The number of piperidine rings is 1. The van der Waals surface area contributed by atoms with Gasteiger partial charge >= 0.3 is 0 Å². The zero-order chi connectivity index (χ0) is 23.4. The van der Waals surface area contributed by atoms with Crippen molar-refractivity contribution in [1.29, 1.82) is 0 Å². The Morgan fingerprint density at radius 1 is 1.12 bits per heavy atom. The molecule has 0 atom stereocenters. The van der Waals surface area contributed by atoms with Gasteiger partial charge in [0.1, 0.15) is 17.2 Å². The highest BCUT2D eigenvalue weighted by molar-refractivity contribution is 6.14. The van der Waals surface area contributed by atoms with E-state index in [0.717, 1.165) is 37.9 Å². The lowest BCUT2D eigenvalue weighted by Crippen LogP contribution is -2.37. The number of phenolic OH excluding ortho intramolecular Hbond substituents is 1. The molecule has 4 rings (SSSR count). The van der Waals surface area contributed by atoms with E-state index < -0.39 is 0 Å². The van der Waals surface area contributed by atoms with Crippen LogP contribution >= 0.6 is 0 Å². The molecule has 1 amide bonds. The molecule has 1 fully saturated rings. The standard InChI is InChI=1S/C25H30N2O6/c1-16(2)18-12-19(20(28)13-22(18)30-3)25(17-7-8-21-23(11-17)32-15-31-21)26-33-14-24(29)27-9-5-4-6-10-27/h7-8,11-13,16,28H,4-6,9-10,14-15H2,1-3H3. The van der Waals surface area contributed by atoms with Gasteiger partial charge in [-0.2, -0.15) is 0 Å². The summed E-state index contributed by atoms with van der Waals surface area (Å²) in [6.45, 7) is 5.57. The first-order valence-corrected chi connectivity index (χ1v) is 11.3. The largest absolute Gasteiger partial charge is 0.507 e. The summed E-state index contributed by atoms with van der Waals surface area (Å²) in [5.41, 5.74) is 2.45. The number of amides is 1. The van der Waals surface area contributed by atoms with E-state index >= 15 is 0 Å². The summed E-state index contributed by atoms with van der Waals surface area (Å²) in [5, 5.41) is 15.1. The minimum absolute atomic E-state index is 0.00127. The number of hydrogen-bond acceptors (Lipinski definition) is 7. The number of benzene rings is 2. The van der Waals surface area contributed by atoms with E-state index in [9.17, 15) is 9.90 Å². The van der Waals surface area contributed by atoms with Gasteiger partial charge in [-0.3, -0.25) is 4.79 Å². The Labute approximate surface area is 193 Å². The van der Waals surface area contributed by atoms with Crippen molar-refractivity contribution in [3.05, 3.63) is 47.0 Å². The van der Waals surface area contributed by atoms with Crippen molar-refractivity contribution in [2.75, 3.05) is 33.6 Å². The zero-order valence-electron chi connectivity index (χ0n) is 19.3. The van der Waals surface area contributed by atoms with Gasteiger partial charge in [-0.25, -0.2) is 0 Å². The van der Waals surface area contributed by atoms with Crippen LogP contribution in [0.2, 0.25) is 0 Å². The van der Waals surface area contributed by atoms with E-state index in [4.69, 9.17) is 19.0 Å². The van der Waals surface area contributed by atoms with E-state index in [1.165, 1.54) is 0 Å². The minimum Gasteiger partial charge on any atom is -0.507 e. The number of methoxy groups -OCH3 is 1. The molecule has 2 heterocycles. The number of carbonyl (C=O) groups excluding carboxylic acids is 1. The SMILES string of the molecule is COc1cc(O)c(C(=NOCC(=O)N2CCCCC2)c2ccc3c(c2)OCO3)cc1C(C)C. The summed E-state index contributed by atoms with van der Waals surface area (Å²) in [6, 6.07) is 8.82. The van der Waals surface area contributed by atoms with Crippen LogP contribution in [-0.4, -0.2) is 55.2 Å². The summed E-state index contributed by atoms with van der Waals surface area (Å²) in [5.74, 6) is 1.88. The molecule has 176 valence electrons.